The van der Waals surface area contributed by atoms with Crippen LogP contribution in [-0.4, -0.2) is 29.1 Å². The van der Waals surface area contributed by atoms with Gasteiger partial charge in [0, 0.05) is 5.56 Å². The number of ether oxygens (including phenoxy) is 2. The highest BCUT2D eigenvalue weighted by atomic mass is 19.4. The number of esters is 1. The minimum absolute atomic E-state index is 0.0485. The monoisotopic (exact) mass is 342 g/mol. The summed E-state index contributed by atoms with van der Waals surface area (Å²) >= 11 is 0. The fraction of sp³-hybridized carbons (Fsp3) is 0.400. The van der Waals surface area contributed by atoms with Crippen LogP contribution < -0.4 is 4.74 Å². The molecule has 1 aliphatic carbocycles. The fourth-order valence-corrected chi connectivity index (χ4v) is 2.28. The quantitative estimate of drug-likeness (QED) is 0.772. The molecule has 1 aromatic heterocycles. The lowest BCUT2D eigenvalue weighted by molar-refractivity contribution is -0.274. The third-order valence-corrected chi connectivity index (χ3v) is 3.39. The summed E-state index contributed by atoms with van der Waals surface area (Å²) in [6.07, 6.45) is -2.96. The van der Waals surface area contributed by atoms with E-state index in [1.807, 2.05) is 0 Å². The van der Waals surface area contributed by atoms with E-state index in [9.17, 15) is 18.0 Å². The van der Waals surface area contributed by atoms with Crippen molar-refractivity contribution in [2.24, 2.45) is 0 Å². The van der Waals surface area contributed by atoms with Crippen molar-refractivity contribution in [3.63, 3.8) is 0 Å². The number of carbonyl (C=O) groups excluding carboxylic acids is 1. The number of benzene rings is 1. The molecule has 3 rings (SSSR count). The van der Waals surface area contributed by atoms with E-state index >= 15 is 0 Å². The van der Waals surface area contributed by atoms with Crippen LogP contribution in [0.1, 0.15) is 41.9 Å². The minimum Gasteiger partial charge on any atom is -0.460 e. The Morgan fingerprint density at radius 1 is 1.38 bits per heavy atom. The molecular formula is C15H13F3N2O4. The molecule has 1 fully saturated rings. The molecule has 128 valence electrons. The summed E-state index contributed by atoms with van der Waals surface area (Å²) in [6.45, 7) is 1.77. The average molecular weight is 342 g/mol. The molecule has 0 bridgehead atoms. The highest BCUT2D eigenvalue weighted by molar-refractivity contribution is 5.85. The number of rotatable bonds is 5. The van der Waals surface area contributed by atoms with Gasteiger partial charge >= 0.3 is 12.3 Å². The second kappa shape index (κ2) is 6.14. The molecular weight excluding hydrogens is 329 g/mol. The molecule has 1 aliphatic rings. The maximum absolute atomic E-state index is 12.4. The van der Waals surface area contributed by atoms with Crippen LogP contribution in [0.4, 0.5) is 13.2 Å². The SMILES string of the molecule is CCOC(=O)c1noc(-c2cc(OC(F)(F)F)ccc2C2CC2)n1. The van der Waals surface area contributed by atoms with Gasteiger partial charge in [0.2, 0.25) is 0 Å². The van der Waals surface area contributed by atoms with E-state index in [2.05, 4.69) is 14.9 Å². The number of alkyl halides is 3. The molecule has 0 radical (unpaired) electrons. The zero-order valence-electron chi connectivity index (χ0n) is 12.6. The van der Waals surface area contributed by atoms with E-state index in [1.54, 1.807) is 13.0 Å². The van der Waals surface area contributed by atoms with Gasteiger partial charge < -0.3 is 14.0 Å². The molecule has 0 saturated heterocycles. The van der Waals surface area contributed by atoms with Gasteiger partial charge in [-0.05, 0) is 48.5 Å². The lowest BCUT2D eigenvalue weighted by Gasteiger charge is -2.11. The number of hydrogen-bond donors (Lipinski definition) is 0. The van der Waals surface area contributed by atoms with Crippen LogP contribution in [-0.2, 0) is 4.74 Å². The number of carbonyl (C=O) groups is 1. The molecule has 1 heterocycles. The Bertz CT molecular complexity index is 753. The topological polar surface area (TPSA) is 74.5 Å². The Morgan fingerprint density at radius 3 is 2.75 bits per heavy atom. The van der Waals surface area contributed by atoms with E-state index in [4.69, 9.17) is 9.26 Å². The standard InChI is InChI=1S/C15H13F3N2O4/c1-2-22-14(21)12-19-13(24-20-12)11-7-9(23-15(16,17)18)5-6-10(11)8-3-4-8/h5-8H,2-4H2,1H3. The van der Waals surface area contributed by atoms with Gasteiger partial charge in [-0.2, -0.15) is 4.98 Å². The summed E-state index contributed by atoms with van der Waals surface area (Å²) in [4.78, 5) is 15.5. The number of hydrogen-bond acceptors (Lipinski definition) is 6. The third-order valence-electron chi connectivity index (χ3n) is 3.39. The fourth-order valence-electron chi connectivity index (χ4n) is 2.28. The Morgan fingerprint density at radius 2 is 2.12 bits per heavy atom. The largest absolute Gasteiger partial charge is 0.573 e. The number of aromatic nitrogens is 2. The molecule has 6 nitrogen and oxygen atoms in total. The van der Waals surface area contributed by atoms with Crippen molar-refractivity contribution in [1.82, 2.24) is 10.1 Å². The van der Waals surface area contributed by atoms with Crippen molar-refractivity contribution in [2.75, 3.05) is 6.61 Å². The van der Waals surface area contributed by atoms with Crippen LogP contribution >= 0.6 is 0 Å². The van der Waals surface area contributed by atoms with E-state index in [1.165, 1.54) is 12.1 Å². The summed E-state index contributed by atoms with van der Waals surface area (Å²) < 4.78 is 50.9. The van der Waals surface area contributed by atoms with Crippen molar-refractivity contribution >= 4 is 5.97 Å². The molecule has 0 aliphatic heterocycles. The van der Waals surface area contributed by atoms with Crippen LogP contribution in [0.5, 0.6) is 5.75 Å². The summed E-state index contributed by atoms with van der Waals surface area (Å²) in [6, 6.07) is 3.97. The minimum atomic E-state index is -4.80. The first kappa shape index (κ1) is 16.3. The van der Waals surface area contributed by atoms with Crippen LogP contribution in [0.3, 0.4) is 0 Å². The van der Waals surface area contributed by atoms with Crippen molar-refractivity contribution in [2.45, 2.75) is 32.0 Å². The summed E-state index contributed by atoms with van der Waals surface area (Å²) in [5.74, 6) is -1.26. The van der Waals surface area contributed by atoms with Gasteiger partial charge in [-0.15, -0.1) is 13.2 Å². The maximum atomic E-state index is 12.4. The van der Waals surface area contributed by atoms with E-state index in [0.29, 0.717) is 5.56 Å². The van der Waals surface area contributed by atoms with Gasteiger partial charge in [0.15, 0.2) is 0 Å². The zero-order chi connectivity index (χ0) is 17.3. The smallest absolute Gasteiger partial charge is 0.460 e. The third kappa shape index (κ3) is 3.66. The highest BCUT2D eigenvalue weighted by Crippen LogP contribution is 2.45. The lowest BCUT2D eigenvalue weighted by Crippen LogP contribution is -2.17. The number of halogens is 3. The second-order valence-electron chi connectivity index (χ2n) is 5.21. The van der Waals surface area contributed by atoms with E-state index < -0.39 is 18.1 Å². The maximum Gasteiger partial charge on any atom is 0.573 e. The first-order valence-corrected chi connectivity index (χ1v) is 7.28. The molecule has 0 amide bonds. The van der Waals surface area contributed by atoms with Crippen molar-refractivity contribution in [3.05, 3.63) is 29.6 Å². The van der Waals surface area contributed by atoms with Crippen LogP contribution in [0.25, 0.3) is 11.5 Å². The van der Waals surface area contributed by atoms with Crippen LogP contribution in [0.15, 0.2) is 22.7 Å². The van der Waals surface area contributed by atoms with Gasteiger partial charge in [0.05, 0.1) is 6.61 Å². The molecule has 24 heavy (non-hydrogen) atoms. The summed E-state index contributed by atoms with van der Waals surface area (Å²) in [5.41, 5.74) is 1.10. The van der Waals surface area contributed by atoms with Crippen LogP contribution in [0.2, 0.25) is 0 Å². The molecule has 9 heteroatoms. The Balaban J connectivity index is 1.95. The molecule has 0 spiro atoms. The zero-order valence-corrected chi connectivity index (χ0v) is 12.6. The molecule has 1 aromatic carbocycles. The first-order chi connectivity index (χ1) is 11.4. The van der Waals surface area contributed by atoms with E-state index in [-0.39, 0.29) is 24.2 Å². The Kier molecular flexibility index (Phi) is 4.16. The summed E-state index contributed by atoms with van der Waals surface area (Å²) in [7, 11) is 0. The summed E-state index contributed by atoms with van der Waals surface area (Å²) in [5, 5.41) is 3.51. The predicted octanol–water partition coefficient (Wildman–Crippen LogP) is 3.69. The van der Waals surface area contributed by atoms with Gasteiger partial charge in [-0.25, -0.2) is 4.79 Å². The molecule has 0 N–H and O–H groups in total. The van der Waals surface area contributed by atoms with Crippen molar-refractivity contribution in [1.29, 1.82) is 0 Å². The van der Waals surface area contributed by atoms with Crippen molar-refractivity contribution < 1.29 is 32.0 Å². The Labute approximate surface area is 134 Å². The second-order valence-corrected chi connectivity index (χ2v) is 5.21. The van der Waals surface area contributed by atoms with Gasteiger partial charge in [0.25, 0.3) is 11.7 Å². The molecule has 2 aromatic rings. The van der Waals surface area contributed by atoms with Crippen molar-refractivity contribution in [3.8, 4) is 17.2 Å². The van der Waals surface area contributed by atoms with E-state index in [0.717, 1.165) is 18.4 Å². The average Bonchev–Trinajstić information content (AvgIpc) is 3.22. The Hall–Kier alpha value is -2.58. The highest BCUT2D eigenvalue weighted by Gasteiger charge is 2.33. The first-order valence-electron chi connectivity index (χ1n) is 7.28. The predicted molar refractivity (Wildman–Crippen MR) is 74.3 cm³/mol. The molecule has 1 saturated carbocycles. The van der Waals surface area contributed by atoms with Gasteiger partial charge in [-0.1, -0.05) is 6.07 Å². The van der Waals surface area contributed by atoms with Crippen LogP contribution in [0, 0.1) is 0 Å². The molecule has 0 atom stereocenters. The lowest BCUT2D eigenvalue weighted by atomic mass is 10.0. The van der Waals surface area contributed by atoms with Gasteiger partial charge in [0.1, 0.15) is 5.75 Å². The molecule has 0 unspecified atom stereocenters. The van der Waals surface area contributed by atoms with Gasteiger partial charge in [-0.3, -0.25) is 0 Å². The number of nitrogens with zero attached hydrogens (tertiary/aromatic N) is 2. The normalized spacial score (nSPS) is 14.5.